The Bertz CT molecular complexity index is 1370. The zero-order chi connectivity index (χ0) is 30.9. The largest absolute Gasteiger partial charge is 0.496 e. The molecule has 13 heteroatoms. The summed E-state index contributed by atoms with van der Waals surface area (Å²) >= 11 is 12.0. The van der Waals surface area contributed by atoms with Crippen molar-refractivity contribution in [3.63, 3.8) is 0 Å². The third-order valence-corrected chi connectivity index (χ3v) is 8.06. The van der Waals surface area contributed by atoms with Gasteiger partial charge in [-0.25, -0.2) is 0 Å². The van der Waals surface area contributed by atoms with Crippen LogP contribution in [-0.4, -0.2) is 79.7 Å². The van der Waals surface area contributed by atoms with Crippen LogP contribution in [0.4, 0.5) is 0 Å². The first-order valence-electron chi connectivity index (χ1n) is 14.1. The maximum absolute atomic E-state index is 13.4. The molecule has 0 spiro atoms. The van der Waals surface area contributed by atoms with Crippen LogP contribution in [0.2, 0.25) is 10.0 Å². The van der Waals surface area contributed by atoms with Gasteiger partial charge in [0.15, 0.2) is 6.61 Å². The fraction of sp³-hybridized carbons (Fsp3) is 0.433. The molecule has 2 aromatic rings. The fourth-order valence-corrected chi connectivity index (χ4v) is 5.73. The third-order valence-electron chi connectivity index (χ3n) is 7.53. The lowest BCUT2D eigenvalue weighted by Crippen LogP contribution is -2.54. The Hall–Kier alpha value is -3.83. The van der Waals surface area contributed by atoms with E-state index in [-0.39, 0.29) is 36.3 Å². The summed E-state index contributed by atoms with van der Waals surface area (Å²) in [6, 6.07) is 9.85. The normalized spacial score (nSPS) is 18.5. The Morgan fingerprint density at radius 1 is 1.09 bits per heavy atom. The summed E-state index contributed by atoms with van der Waals surface area (Å²) in [6.45, 7) is 0.579. The fourth-order valence-electron chi connectivity index (χ4n) is 5.27. The molecule has 0 aliphatic carbocycles. The maximum Gasteiger partial charge on any atom is 0.289 e. The number of likely N-dealkylation sites (tertiary alicyclic amines) is 1. The number of rotatable bonds is 13. The lowest BCUT2D eigenvalue weighted by molar-refractivity contribution is -0.143. The molecular weight excluding hydrogens is 599 g/mol. The monoisotopic (exact) mass is 632 g/mol. The van der Waals surface area contributed by atoms with E-state index in [0.717, 1.165) is 5.56 Å². The van der Waals surface area contributed by atoms with Gasteiger partial charge in [-0.05, 0) is 61.9 Å². The Labute approximate surface area is 259 Å². The van der Waals surface area contributed by atoms with Crippen LogP contribution in [0.3, 0.4) is 0 Å². The van der Waals surface area contributed by atoms with Gasteiger partial charge in [-0.2, -0.15) is 0 Å². The number of nitrogens with one attached hydrogen (secondary N) is 3. The van der Waals surface area contributed by atoms with Gasteiger partial charge in [0, 0.05) is 30.6 Å². The number of hydrogen-bond donors (Lipinski definition) is 3. The molecule has 0 saturated carbocycles. The van der Waals surface area contributed by atoms with Crippen LogP contribution in [-0.2, 0) is 30.4 Å². The molecule has 0 aromatic heterocycles. The molecule has 43 heavy (non-hydrogen) atoms. The highest BCUT2D eigenvalue weighted by molar-refractivity contribution is 6.38. The molecule has 2 aliphatic rings. The summed E-state index contributed by atoms with van der Waals surface area (Å²) in [5.74, 6) is -2.57. The van der Waals surface area contributed by atoms with E-state index in [1.807, 2.05) is 18.2 Å². The first-order chi connectivity index (χ1) is 20.7. The van der Waals surface area contributed by atoms with Crippen LogP contribution in [0.25, 0.3) is 0 Å². The average Bonchev–Trinajstić information content (AvgIpc) is 3.65. The van der Waals surface area contributed by atoms with E-state index in [1.165, 1.54) is 11.0 Å². The van der Waals surface area contributed by atoms with Gasteiger partial charge in [0.1, 0.15) is 17.5 Å². The minimum Gasteiger partial charge on any atom is -0.496 e. The molecule has 2 aromatic carbocycles. The second kappa shape index (κ2) is 15.1. The minimum absolute atomic E-state index is 0.0326. The van der Waals surface area contributed by atoms with Gasteiger partial charge in [-0.1, -0.05) is 41.4 Å². The van der Waals surface area contributed by atoms with Gasteiger partial charge in [-0.15, -0.1) is 0 Å². The van der Waals surface area contributed by atoms with Crippen LogP contribution < -0.4 is 25.4 Å². The Morgan fingerprint density at radius 3 is 2.60 bits per heavy atom. The quantitative estimate of drug-likeness (QED) is 0.288. The predicted molar refractivity (Wildman–Crippen MR) is 159 cm³/mol. The summed E-state index contributed by atoms with van der Waals surface area (Å²) in [4.78, 5) is 66.2. The van der Waals surface area contributed by atoms with E-state index in [9.17, 15) is 24.0 Å². The molecule has 0 radical (unpaired) electrons. The number of hydrogen-bond acceptors (Lipinski definition) is 7. The molecular formula is C30H34Cl2N4O7. The first-order valence-corrected chi connectivity index (χ1v) is 14.8. The van der Waals surface area contributed by atoms with Crippen LogP contribution >= 0.6 is 23.2 Å². The Morgan fingerprint density at radius 2 is 1.88 bits per heavy atom. The standard InChI is InChI=1S/C30H34Cl2N4O7/c1-42-24-7-3-2-5-18(24)10-12-34-30(41)27(38)22(15-19-11-13-33-28(19)39)35-29(40)23-6-4-14-36(23)26(37)17-43-25-9-8-20(31)16-21(25)32/h2-3,5,7-9,16,19,22-23H,4,6,10-15,17H2,1H3,(H,33,39)(H,34,41)(H,35,40)/t19-,22-,23-/m0/s1. The van der Waals surface area contributed by atoms with E-state index in [0.29, 0.717) is 49.5 Å². The number of ether oxygens (including phenoxy) is 2. The molecule has 0 unspecified atom stereocenters. The molecule has 2 heterocycles. The Balaban J connectivity index is 1.38. The number of carbonyl (C=O) groups is 5. The molecule has 3 N–H and O–H groups in total. The predicted octanol–water partition coefficient (Wildman–Crippen LogP) is 2.31. The number of nitrogens with zero attached hydrogens (tertiary/aromatic N) is 1. The first kappa shape index (κ1) is 32.1. The summed E-state index contributed by atoms with van der Waals surface area (Å²) < 4.78 is 10.9. The SMILES string of the molecule is COc1ccccc1CCNC(=O)C(=O)[C@H](C[C@@H]1CCNC1=O)NC(=O)[C@@H]1CCCN1C(=O)COc1ccc(Cl)cc1Cl. The summed E-state index contributed by atoms with van der Waals surface area (Å²) in [5, 5.41) is 8.66. The zero-order valence-corrected chi connectivity index (χ0v) is 25.2. The van der Waals surface area contributed by atoms with Gasteiger partial charge in [0.05, 0.1) is 18.2 Å². The van der Waals surface area contributed by atoms with Crippen molar-refractivity contribution in [2.45, 2.75) is 44.2 Å². The van der Waals surface area contributed by atoms with Crippen molar-refractivity contribution >= 4 is 52.6 Å². The van der Waals surface area contributed by atoms with E-state index >= 15 is 0 Å². The minimum atomic E-state index is -1.24. The summed E-state index contributed by atoms with van der Waals surface area (Å²) in [6.07, 6.45) is 1.81. The van der Waals surface area contributed by atoms with Crippen molar-refractivity contribution in [2.24, 2.45) is 5.92 Å². The number of ketones is 1. The maximum atomic E-state index is 13.4. The van der Waals surface area contributed by atoms with Crippen molar-refractivity contribution < 1.29 is 33.4 Å². The smallest absolute Gasteiger partial charge is 0.289 e. The molecule has 4 amide bonds. The molecule has 2 aliphatic heterocycles. The van der Waals surface area contributed by atoms with Crippen LogP contribution in [0.1, 0.15) is 31.2 Å². The lowest BCUT2D eigenvalue weighted by atomic mass is 9.95. The number of carbonyl (C=O) groups excluding carboxylic acids is 5. The summed E-state index contributed by atoms with van der Waals surface area (Å²) in [5.41, 5.74) is 0.860. The number of amides is 4. The van der Waals surface area contributed by atoms with Crippen LogP contribution in [0.15, 0.2) is 42.5 Å². The highest BCUT2D eigenvalue weighted by Crippen LogP contribution is 2.28. The van der Waals surface area contributed by atoms with E-state index in [2.05, 4.69) is 16.0 Å². The third kappa shape index (κ3) is 8.39. The molecule has 2 saturated heterocycles. The van der Waals surface area contributed by atoms with Gasteiger partial charge in [-0.3, -0.25) is 24.0 Å². The molecule has 230 valence electrons. The van der Waals surface area contributed by atoms with Crippen LogP contribution in [0.5, 0.6) is 11.5 Å². The summed E-state index contributed by atoms with van der Waals surface area (Å²) in [7, 11) is 1.55. The number of methoxy groups -OCH3 is 1. The second-order valence-corrected chi connectivity index (χ2v) is 11.2. The second-order valence-electron chi connectivity index (χ2n) is 10.4. The topological polar surface area (TPSA) is 143 Å². The van der Waals surface area contributed by atoms with Crippen molar-refractivity contribution in [2.75, 3.05) is 33.4 Å². The lowest BCUT2D eigenvalue weighted by Gasteiger charge is -2.27. The van der Waals surface area contributed by atoms with Gasteiger partial charge < -0.3 is 30.3 Å². The highest BCUT2D eigenvalue weighted by Gasteiger charge is 2.39. The Kier molecular flexibility index (Phi) is 11.2. The number of halogens is 2. The van der Waals surface area contributed by atoms with Crippen LogP contribution in [0, 0.1) is 5.92 Å². The molecule has 11 nitrogen and oxygen atoms in total. The van der Waals surface area contributed by atoms with E-state index in [4.69, 9.17) is 32.7 Å². The molecule has 2 fully saturated rings. The average molecular weight is 634 g/mol. The van der Waals surface area contributed by atoms with Gasteiger partial charge in [0.2, 0.25) is 17.6 Å². The van der Waals surface area contributed by atoms with Gasteiger partial charge >= 0.3 is 0 Å². The number of Topliss-reactive ketones (excluding diaryl/α,β-unsaturated/α-hetero) is 1. The van der Waals surface area contributed by atoms with Gasteiger partial charge in [0.25, 0.3) is 11.8 Å². The molecule has 4 rings (SSSR count). The highest BCUT2D eigenvalue weighted by atomic mass is 35.5. The van der Waals surface area contributed by atoms with Crippen molar-refractivity contribution in [1.29, 1.82) is 0 Å². The van der Waals surface area contributed by atoms with E-state index < -0.39 is 41.5 Å². The molecule has 3 atom stereocenters. The van der Waals surface area contributed by atoms with E-state index in [1.54, 1.807) is 25.3 Å². The number of para-hydroxylation sites is 1. The van der Waals surface area contributed by atoms with Crippen molar-refractivity contribution in [3.8, 4) is 11.5 Å². The number of benzene rings is 2. The molecule has 0 bridgehead atoms. The van der Waals surface area contributed by atoms with Crippen molar-refractivity contribution in [3.05, 3.63) is 58.1 Å². The van der Waals surface area contributed by atoms with Crippen molar-refractivity contribution in [1.82, 2.24) is 20.9 Å². The zero-order valence-electron chi connectivity index (χ0n) is 23.7.